The van der Waals surface area contributed by atoms with Crippen LogP contribution >= 0.6 is 0 Å². The summed E-state index contributed by atoms with van der Waals surface area (Å²) in [4.78, 5) is 13.8. The van der Waals surface area contributed by atoms with Crippen LogP contribution < -0.4 is 10.1 Å². The first-order valence-electron chi connectivity index (χ1n) is 6.99. The standard InChI is InChI=1S/C15H22N2O3/c1-19-14-4-2-3-13(11-14)12-20-10-5-15(18)17-8-6-16-7-9-17/h2-4,11,16H,5-10,12H2,1H3. The molecule has 1 aromatic carbocycles. The van der Waals surface area contributed by atoms with E-state index in [1.165, 1.54) is 0 Å². The number of piperazine rings is 1. The van der Waals surface area contributed by atoms with Crippen LogP contribution in [0.4, 0.5) is 0 Å². The van der Waals surface area contributed by atoms with E-state index in [4.69, 9.17) is 9.47 Å². The average Bonchev–Trinajstić information content (AvgIpc) is 2.52. The van der Waals surface area contributed by atoms with E-state index in [2.05, 4.69) is 5.32 Å². The van der Waals surface area contributed by atoms with E-state index in [1.807, 2.05) is 29.2 Å². The molecular formula is C15H22N2O3. The molecule has 2 rings (SSSR count). The molecule has 1 N–H and O–H groups in total. The molecule has 0 aliphatic carbocycles. The lowest BCUT2D eigenvalue weighted by Gasteiger charge is -2.27. The highest BCUT2D eigenvalue weighted by molar-refractivity contribution is 5.76. The van der Waals surface area contributed by atoms with Crippen LogP contribution in [-0.2, 0) is 16.1 Å². The van der Waals surface area contributed by atoms with Crippen molar-refractivity contribution in [2.45, 2.75) is 13.0 Å². The Morgan fingerprint density at radius 1 is 1.35 bits per heavy atom. The summed E-state index contributed by atoms with van der Waals surface area (Å²) in [5.41, 5.74) is 1.05. The van der Waals surface area contributed by atoms with Crippen molar-refractivity contribution in [3.63, 3.8) is 0 Å². The van der Waals surface area contributed by atoms with Crippen molar-refractivity contribution in [1.82, 2.24) is 10.2 Å². The van der Waals surface area contributed by atoms with Crippen LogP contribution in [0.3, 0.4) is 0 Å². The third kappa shape index (κ3) is 4.51. The normalized spacial score (nSPS) is 15.2. The van der Waals surface area contributed by atoms with Crippen LogP contribution in [0.2, 0.25) is 0 Å². The maximum absolute atomic E-state index is 11.9. The molecule has 1 saturated heterocycles. The fraction of sp³-hybridized carbons (Fsp3) is 0.533. The maximum Gasteiger partial charge on any atom is 0.224 e. The van der Waals surface area contributed by atoms with E-state index in [-0.39, 0.29) is 5.91 Å². The van der Waals surface area contributed by atoms with Crippen LogP contribution in [0.25, 0.3) is 0 Å². The number of hydrogen-bond acceptors (Lipinski definition) is 4. The maximum atomic E-state index is 11.9. The van der Waals surface area contributed by atoms with Crippen LogP contribution in [0.15, 0.2) is 24.3 Å². The number of ether oxygens (including phenoxy) is 2. The highest BCUT2D eigenvalue weighted by Gasteiger charge is 2.15. The molecule has 0 spiro atoms. The summed E-state index contributed by atoms with van der Waals surface area (Å²) in [7, 11) is 1.64. The minimum absolute atomic E-state index is 0.178. The largest absolute Gasteiger partial charge is 0.497 e. The summed E-state index contributed by atoms with van der Waals surface area (Å²) in [5.74, 6) is 1.00. The topological polar surface area (TPSA) is 50.8 Å². The molecule has 1 fully saturated rings. The van der Waals surface area contributed by atoms with Gasteiger partial charge in [0.1, 0.15) is 5.75 Å². The smallest absolute Gasteiger partial charge is 0.224 e. The Labute approximate surface area is 119 Å². The van der Waals surface area contributed by atoms with Gasteiger partial charge >= 0.3 is 0 Å². The summed E-state index contributed by atoms with van der Waals surface area (Å²) in [6, 6.07) is 7.76. The Balaban J connectivity index is 1.66. The number of hydrogen-bond donors (Lipinski definition) is 1. The Kier molecular flexibility index (Phi) is 5.83. The van der Waals surface area contributed by atoms with E-state index < -0.39 is 0 Å². The van der Waals surface area contributed by atoms with Gasteiger partial charge in [-0.2, -0.15) is 0 Å². The second-order valence-corrected chi connectivity index (χ2v) is 4.78. The van der Waals surface area contributed by atoms with Crippen molar-refractivity contribution in [3.05, 3.63) is 29.8 Å². The van der Waals surface area contributed by atoms with Crippen LogP contribution in [0, 0.1) is 0 Å². The molecule has 1 amide bonds. The Morgan fingerprint density at radius 3 is 2.90 bits per heavy atom. The summed E-state index contributed by atoms with van der Waals surface area (Å²) in [5, 5.41) is 3.23. The summed E-state index contributed by atoms with van der Waals surface area (Å²) in [6.07, 6.45) is 0.448. The lowest BCUT2D eigenvalue weighted by atomic mass is 10.2. The number of carbonyl (C=O) groups is 1. The van der Waals surface area contributed by atoms with E-state index in [9.17, 15) is 4.79 Å². The van der Waals surface area contributed by atoms with Gasteiger partial charge in [0.25, 0.3) is 0 Å². The van der Waals surface area contributed by atoms with Gasteiger partial charge in [-0.3, -0.25) is 4.79 Å². The number of methoxy groups -OCH3 is 1. The number of nitrogens with one attached hydrogen (secondary N) is 1. The molecule has 5 heteroatoms. The number of amides is 1. The molecule has 5 nitrogen and oxygen atoms in total. The van der Waals surface area contributed by atoms with Gasteiger partial charge in [0.05, 0.1) is 26.7 Å². The van der Waals surface area contributed by atoms with E-state index in [1.54, 1.807) is 7.11 Å². The van der Waals surface area contributed by atoms with Crippen LogP contribution in [0.5, 0.6) is 5.75 Å². The first-order valence-corrected chi connectivity index (χ1v) is 6.99. The average molecular weight is 278 g/mol. The Morgan fingerprint density at radius 2 is 2.15 bits per heavy atom. The van der Waals surface area contributed by atoms with Gasteiger partial charge in [0.2, 0.25) is 5.91 Å². The zero-order valence-electron chi connectivity index (χ0n) is 11.9. The molecule has 1 aliphatic rings. The third-order valence-electron chi connectivity index (χ3n) is 3.33. The second-order valence-electron chi connectivity index (χ2n) is 4.78. The van der Waals surface area contributed by atoms with Crippen LogP contribution in [0.1, 0.15) is 12.0 Å². The molecule has 0 radical (unpaired) electrons. The van der Waals surface area contributed by atoms with Gasteiger partial charge in [0.15, 0.2) is 0 Å². The molecular weight excluding hydrogens is 256 g/mol. The third-order valence-corrected chi connectivity index (χ3v) is 3.33. The van der Waals surface area contributed by atoms with E-state index in [0.717, 1.165) is 37.5 Å². The lowest BCUT2D eigenvalue weighted by molar-refractivity contribution is -0.133. The van der Waals surface area contributed by atoms with Crippen molar-refractivity contribution >= 4 is 5.91 Å². The number of benzene rings is 1. The van der Waals surface area contributed by atoms with Gasteiger partial charge in [-0.25, -0.2) is 0 Å². The number of carbonyl (C=O) groups excluding carboxylic acids is 1. The molecule has 0 unspecified atom stereocenters. The molecule has 1 aromatic rings. The SMILES string of the molecule is COc1cccc(COCCC(=O)N2CCNCC2)c1. The highest BCUT2D eigenvalue weighted by atomic mass is 16.5. The molecule has 20 heavy (non-hydrogen) atoms. The van der Waals surface area contributed by atoms with E-state index >= 15 is 0 Å². The Hall–Kier alpha value is -1.59. The van der Waals surface area contributed by atoms with Gasteiger partial charge < -0.3 is 19.7 Å². The molecule has 0 atom stereocenters. The quantitative estimate of drug-likeness (QED) is 0.790. The first-order chi connectivity index (χ1) is 9.79. The van der Waals surface area contributed by atoms with Crippen LogP contribution in [-0.4, -0.2) is 50.7 Å². The molecule has 0 aromatic heterocycles. The molecule has 1 aliphatic heterocycles. The van der Waals surface area contributed by atoms with Crippen molar-refractivity contribution in [2.24, 2.45) is 0 Å². The van der Waals surface area contributed by atoms with Crippen molar-refractivity contribution in [1.29, 1.82) is 0 Å². The van der Waals surface area contributed by atoms with Gasteiger partial charge in [0, 0.05) is 26.2 Å². The van der Waals surface area contributed by atoms with Crippen molar-refractivity contribution in [3.8, 4) is 5.75 Å². The predicted molar refractivity (Wildman–Crippen MR) is 76.7 cm³/mol. The summed E-state index contributed by atoms with van der Waals surface area (Å²) < 4.78 is 10.7. The second kappa shape index (κ2) is 7.87. The fourth-order valence-electron chi connectivity index (χ4n) is 2.18. The van der Waals surface area contributed by atoms with Gasteiger partial charge in [-0.15, -0.1) is 0 Å². The van der Waals surface area contributed by atoms with Crippen molar-refractivity contribution < 1.29 is 14.3 Å². The zero-order chi connectivity index (χ0) is 14.2. The predicted octanol–water partition coefficient (Wildman–Crippen LogP) is 1.03. The molecule has 1 heterocycles. The highest BCUT2D eigenvalue weighted by Crippen LogP contribution is 2.13. The van der Waals surface area contributed by atoms with E-state index in [0.29, 0.717) is 19.6 Å². The molecule has 110 valence electrons. The summed E-state index contributed by atoms with van der Waals surface area (Å²) in [6.45, 7) is 4.34. The van der Waals surface area contributed by atoms with Crippen molar-refractivity contribution in [2.75, 3.05) is 39.9 Å². The molecule has 0 bridgehead atoms. The number of rotatable bonds is 6. The number of nitrogens with zero attached hydrogens (tertiary/aromatic N) is 1. The minimum Gasteiger partial charge on any atom is -0.497 e. The van der Waals surface area contributed by atoms with Gasteiger partial charge in [-0.05, 0) is 17.7 Å². The molecule has 0 saturated carbocycles. The fourth-order valence-corrected chi connectivity index (χ4v) is 2.18. The monoisotopic (exact) mass is 278 g/mol. The first kappa shape index (κ1) is 14.8. The Bertz CT molecular complexity index is 431. The minimum atomic E-state index is 0.178. The summed E-state index contributed by atoms with van der Waals surface area (Å²) >= 11 is 0. The van der Waals surface area contributed by atoms with Gasteiger partial charge in [-0.1, -0.05) is 12.1 Å². The zero-order valence-corrected chi connectivity index (χ0v) is 11.9. The lowest BCUT2D eigenvalue weighted by Crippen LogP contribution is -2.46.